The monoisotopic (exact) mass is 382 g/mol. The molecule has 6 heteroatoms. The number of likely N-dealkylation sites (tertiary alicyclic amines) is 1. The second-order valence-corrected chi connectivity index (χ2v) is 6.90. The summed E-state index contributed by atoms with van der Waals surface area (Å²) in [6.45, 7) is 3.00. The number of aliphatic imine (C=N–C) groups is 1. The van der Waals surface area contributed by atoms with Crippen molar-refractivity contribution in [2.75, 3.05) is 39.7 Å². The summed E-state index contributed by atoms with van der Waals surface area (Å²) in [7, 11) is 5.05. The molecule has 0 spiro atoms. The van der Waals surface area contributed by atoms with Crippen molar-refractivity contribution < 1.29 is 9.47 Å². The Morgan fingerprint density at radius 2 is 1.89 bits per heavy atom. The molecule has 3 rings (SSSR count). The molecular weight excluding hydrogens is 352 g/mol. The molecule has 1 aliphatic rings. The lowest BCUT2D eigenvalue weighted by Gasteiger charge is -2.25. The Kier molecular flexibility index (Phi) is 7.14. The molecule has 0 radical (unpaired) electrons. The fourth-order valence-corrected chi connectivity index (χ4v) is 3.60. The van der Waals surface area contributed by atoms with E-state index in [1.54, 1.807) is 21.3 Å². The van der Waals surface area contributed by atoms with Crippen LogP contribution in [0.3, 0.4) is 0 Å². The second-order valence-electron chi connectivity index (χ2n) is 6.90. The molecule has 1 saturated heterocycles. The summed E-state index contributed by atoms with van der Waals surface area (Å²) >= 11 is 0. The number of methoxy groups -OCH3 is 2. The van der Waals surface area contributed by atoms with Crippen LogP contribution in [0.4, 0.5) is 5.69 Å². The Bertz CT molecular complexity index is 779. The van der Waals surface area contributed by atoms with Gasteiger partial charge in [0.2, 0.25) is 0 Å². The highest BCUT2D eigenvalue weighted by molar-refractivity contribution is 5.93. The highest BCUT2D eigenvalue weighted by Gasteiger charge is 2.24. The SMILES string of the molecule is CN=C(NCC1CCCN1Cc1ccccc1)Nc1ccc(OC)c(OC)c1. The zero-order chi connectivity index (χ0) is 19.8. The van der Waals surface area contributed by atoms with Crippen LogP contribution in [0.2, 0.25) is 0 Å². The van der Waals surface area contributed by atoms with Crippen LogP contribution in [0, 0.1) is 0 Å². The highest BCUT2D eigenvalue weighted by Crippen LogP contribution is 2.29. The molecule has 2 N–H and O–H groups in total. The molecule has 0 saturated carbocycles. The standard InChI is InChI=1S/C22H30N4O2/c1-23-22(25-18-11-12-20(27-2)21(14-18)28-3)24-15-19-10-7-13-26(19)16-17-8-5-4-6-9-17/h4-6,8-9,11-12,14,19H,7,10,13,15-16H2,1-3H3,(H2,23,24,25). The normalized spacial score (nSPS) is 17.4. The van der Waals surface area contributed by atoms with Crippen LogP contribution in [0.15, 0.2) is 53.5 Å². The molecule has 2 aromatic rings. The molecule has 1 atom stereocenters. The van der Waals surface area contributed by atoms with E-state index in [9.17, 15) is 0 Å². The van der Waals surface area contributed by atoms with E-state index >= 15 is 0 Å². The maximum Gasteiger partial charge on any atom is 0.195 e. The molecule has 0 bridgehead atoms. The lowest BCUT2D eigenvalue weighted by Crippen LogP contribution is -2.42. The molecule has 0 aliphatic carbocycles. The molecule has 1 aliphatic heterocycles. The molecule has 2 aromatic carbocycles. The minimum Gasteiger partial charge on any atom is -0.493 e. The smallest absolute Gasteiger partial charge is 0.195 e. The zero-order valence-corrected chi connectivity index (χ0v) is 16.9. The van der Waals surface area contributed by atoms with Gasteiger partial charge in [-0.05, 0) is 37.1 Å². The summed E-state index contributed by atoms with van der Waals surface area (Å²) in [5.74, 6) is 2.14. The van der Waals surface area contributed by atoms with Crippen molar-refractivity contribution in [2.45, 2.75) is 25.4 Å². The Morgan fingerprint density at radius 1 is 1.11 bits per heavy atom. The third kappa shape index (κ3) is 5.16. The summed E-state index contributed by atoms with van der Waals surface area (Å²) in [5.41, 5.74) is 2.26. The maximum absolute atomic E-state index is 5.37. The molecule has 1 unspecified atom stereocenters. The van der Waals surface area contributed by atoms with E-state index in [1.165, 1.54) is 18.4 Å². The molecule has 1 fully saturated rings. The number of hydrogen-bond acceptors (Lipinski definition) is 4. The van der Waals surface area contributed by atoms with E-state index in [0.717, 1.165) is 31.3 Å². The Balaban J connectivity index is 1.56. The molecule has 1 heterocycles. The molecule has 28 heavy (non-hydrogen) atoms. The topological polar surface area (TPSA) is 58.1 Å². The first kappa shape index (κ1) is 20.0. The van der Waals surface area contributed by atoms with Gasteiger partial charge in [-0.25, -0.2) is 0 Å². The Labute approximate surface area is 167 Å². The van der Waals surface area contributed by atoms with E-state index in [0.29, 0.717) is 17.5 Å². The van der Waals surface area contributed by atoms with Crippen LogP contribution in [0.5, 0.6) is 11.5 Å². The number of ether oxygens (including phenoxy) is 2. The summed E-state index contributed by atoms with van der Waals surface area (Å²) in [6.07, 6.45) is 2.44. The van der Waals surface area contributed by atoms with Crippen molar-refractivity contribution in [1.29, 1.82) is 0 Å². The minimum absolute atomic E-state index is 0.504. The minimum atomic E-state index is 0.504. The van der Waals surface area contributed by atoms with Crippen molar-refractivity contribution in [3.8, 4) is 11.5 Å². The first-order chi connectivity index (χ1) is 13.7. The van der Waals surface area contributed by atoms with E-state index in [2.05, 4.69) is 50.9 Å². The molecular formula is C22H30N4O2. The van der Waals surface area contributed by atoms with Crippen molar-refractivity contribution in [1.82, 2.24) is 10.2 Å². The Morgan fingerprint density at radius 3 is 2.61 bits per heavy atom. The number of benzene rings is 2. The van der Waals surface area contributed by atoms with Crippen molar-refractivity contribution in [2.24, 2.45) is 4.99 Å². The van der Waals surface area contributed by atoms with Gasteiger partial charge in [-0.1, -0.05) is 30.3 Å². The molecule has 0 aromatic heterocycles. The van der Waals surface area contributed by atoms with Crippen molar-refractivity contribution in [3.05, 3.63) is 54.1 Å². The average Bonchev–Trinajstić information content (AvgIpc) is 3.18. The number of nitrogens with zero attached hydrogens (tertiary/aromatic N) is 2. The van der Waals surface area contributed by atoms with Crippen LogP contribution in [-0.4, -0.2) is 51.3 Å². The summed E-state index contributed by atoms with van der Waals surface area (Å²) in [4.78, 5) is 6.90. The van der Waals surface area contributed by atoms with Gasteiger partial charge in [-0.3, -0.25) is 9.89 Å². The highest BCUT2D eigenvalue weighted by atomic mass is 16.5. The number of hydrogen-bond donors (Lipinski definition) is 2. The fraction of sp³-hybridized carbons (Fsp3) is 0.409. The van der Waals surface area contributed by atoms with Crippen LogP contribution < -0.4 is 20.1 Å². The predicted molar refractivity (Wildman–Crippen MR) is 114 cm³/mol. The largest absolute Gasteiger partial charge is 0.493 e. The third-order valence-electron chi connectivity index (χ3n) is 5.10. The first-order valence-electron chi connectivity index (χ1n) is 9.71. The summed E-state index contributed by atoms with van der Waals surface area (Å²) in [5, 5.41) is 6.79. The first-order valence-corrected chi connectivity index (χ1v) is 9.71. The lowest BCUT2D eigenvalue weighted by atomic mass is 10.2. The van der Waals surface area contributed by atoms with E-state index in [1.807, 2.05) is 18.2 Å². The number of nitrogens with one attached hydrogen (secondary N) is 2. The van der Waals surface area contributed by atoms with Gasteiger partial charge in [0.1, 0.15) is 0 Å². The maximum atomic E-state index is 5.37. The van der Waals surface area contributed by atoms with Gasteiger partial charge in [-0.2, -0.15) is 0 Å². The lowest BCUT2D eigenvalue weighted by molar-refractivity contribution is 0.245. The van der Waals surface area contributed by atoms with Gasteiger partial charge in [0.05, 0.1) is 14.2 Å². The van der Waals surface area contributed by atoms with Gasteiger partial charge >= 0.3 is 0 Å². The number of guanidine groups is 1. The Hall–Kier alpha value is -2.73. The van der Waals surface area contributed by atoms with Gasteiger partial charge < -0.3 is 20.1 Å². The number of rotatable bonds is 7. The number of anilines is 1. The van der Waals surface area contributed by atoms with E-state index < -0.39 is 0 Å². The fourth-order valence-electron chi connectivity index (χ4n) is 3.60. The van der Waals surface area contributed by atoms with Gasteiger partial charge in [0.15, 0.2) is 17.5 Å². The van der Waals surface area contributed by atoms with Crippen LogP contribution in [0.25, 0.3) is 0 Å². The predicted octanol–water partition coefficient (Wildman–Crippen LogP) is 3.36. The van der Waals surface area contributed by atoms with Crippen molar-refractivity contribution in [3.63, 3.8) is 0 Å². The van der Waals surface area contributed by atoms with Gasteiger partial charge in [0, 0.05) is 37.9 Å². The van der Waals surface area contributed by atoms with E-state index in [-0.39, 0.29) is 0 Å². The van der Waals surface area contributed by atoms with Gasteiger partial charge in [0.25, 0.3) is 0 Å². The van der Waals surface area contributed by atoms with E-state index in [4.69, 9.17) is 9.47 Å². The van der Waals surface area contributed by atoms with Crippen LogP contribution >= 0.6 is 0 Å². The van der Waals surface area contributed by atoms with Crippen LogP contribution in [-0.2, 0) is 6.54 Å². The summed E-state index contributed by atoms with van der Waals surface area (Å²) < 4.78 is 10.7. The van der Waals surface area contributed by atoms with Crippen molar-refractivity contribution >= 4 is 11.6 Å². The third-order valence-corrected chi connectivity index (χ3v) is 5.10. The second kappa shape index (κ2) is 9.99. The molecule has 150 valence electrons. The molecule has 6 nitrogen and oxygen atoms in total. The quantitative estimate of drug-likeness (QED) is 0.568. The zero-order valence-electron chi connectivity index (χ0n) is 16.9. The average molecular weight is 383 g/mol. The van der Waals surface area contributed by atoms with Crippen LogP contribution in [0.1, 0.15) is 18.4 Å². The summed E-state index contributed by atoms with van der Waals surface area (Å²) in [6, 6.07) is 16.9. The molecule has 0 amide bonds. The van der Waals surface area contributed by atoms with Gasteiger partial charge in [-0.15, -0.1) is 0 Å².